The van der Waals surface area contributed by atoms with E-state index in [0.717, 1.165) is 6.20 Å². The zero-order chi connectivity index (χ0) is 10.0. The molecule has 0 spiro atoms. The molecule has 6 heteroatoms. The van der Waals surface area contributed by atoms with Gasteiger partial charge in [-0.15, -0.1) is 0 Å². The van der Waals surface area contributed by atoms with E-state index in [4.69, 9.17) is 11.5 Å². The summed E-state index contributed by atoms with van der Waals surface area (Å²) in [5.41, 5.74) is 9.55. The van der Waals surface area contributed by atoms with Crippen LogP contribution in [0.25, 0.3) is 0 Å². The second kappa shape index (κ2) is 3.53. The zero-order valence-electron chi connectivity index (χ0n) is 6.67. The molecule has 5 N–H and O–H groups in total. The molecule has 0 fully saturated rings. The van der Waals surface area contributed by atoms with Crippen LogP contribution in [0.4, 0.5) is 14.5 Å². The first-order chi connectivity index (χ1) is 6.07. The lowest BCUT2D eigenvalue weighted by molar-refractivity contribution is 0.148. The number of rotatable bonds is 2. The van der Waals surface area contributed by atoms with E-state index >= 15 is 0 Å². The number of pyridine rings is 1. The fourth-order valence-corrected chi connectivity index (χ4v) is 0.949. The van der Waals surface area contributed by atoms with Gasteiger partial charge in [-0.25, -0.2) is 8.78 Å². The first-order valence-electron chi connectivity index (χ1n) is 3.52. The van der Waals surface area contributed by atoms with Crippen molar-refractivity contribution in [1.82, 2.24) is 4.98 Å². The summed E-state index contributed by atoms with van der Waals surface area (Å²) in [7, 11) is 0. The van der Waals surface area contributed by atoms with Crippen molar-refractivity contribution in [3.63, 3.8) is 0 Å². The summed E-state index contributed by atoms with van der Waals surface area (Å²) in [6.45, 7) is -0.105. The number of nitrogen functional groups attached to an aromatic ring is 1. The maximum atomic E-state index is 12.3. The largest absolute Gasteiger partial charge is 0.505 e. The number of alkyl halides is 2. The number of aromatic hydroxyl groups is 1. The highest BCUT2D eigenvalue weighted by Crippen LogP contribution is 2.34. The highest BCUT2D eigenvalue weighted by atomic mass is 19.3. The molecule has 4 nitrogen and oxygen atoms in total. The van der Waals surface area contributed by atoms with E-state index in [0.29, 0.717) is 0 Å². The van der Waals surface area contributed by atoms with Crippen LogP contribution in [0.5, 0.6) is 5.75 Å². The molecule has 0 amide bonds. The fraction of sp³-hybridized carbons (Fsp3) is 0.286. The summed E-state index contributed by atoms with van der Waals surface area (Å²) in [6, 6.07) is 0. The third-order valence-corrected chi connectivity index (χ3v) is 1.61. The summed E-state index contributed by atoms with van der Waals surface area (Å²) in [4.78, 5) is 3.61. The molecule has 0 atom stereocenters. The molecule has 13 heavy (non-hydrogen) atoms. The van der Waals surface area contributed by atoms with Crippen LogP contribution in [0.2, 0.25) is 0 Å². The Morgan fingerprint density at radius 1 is 1.54 bits per heavy atom. The van der Waals surface area contributed by atoms with Gasteiger partial charge in [0.05, 0.1) is 23.1 Å². The van der Waals surface area contributed by atoms with Crippen LogP contribution >= 0.6 is 0 Å². The van der Waals surface area contributed by atoms with Crippen LogP contribution in [0.1, 0.15) is 17.7 Å². The summed E-state index contributed by atoms with van der Waals surface area (Å²) in [6.07, 6.45) is -1.77. The SMILES string of the molecule is NCc1ncc(N)c(C(F)F)c1O. The Morgan fingerprint density at radius 3 is 2.62 bits per heavy atom. The molecule has 0 aliphatic rings. The van der Waals surface area contributed by atoms with Crippen LogP contribution in [-0.2, 0) is 6.54 Å². The number of nitrogens with zero attached hydrogens (tertiary/aromatic N) is 1. The van der Waals surface area contributed by atoms with Gasteiger partial charge in [0.1, 0.15) is 5.75 Å². The van der Waals surface area contributed by atoms with Crippen molar-refractivity contribution in [3.05, 3.63) is 17.5 Å². The maximum Gasteiger partial charge on any atom is 0.269 e. The van der Waals surface area contributed by atoms with Crippen molar-refractivity contribution < 1.29 is 13.9 Å². The molecule has 0 aliphatic heterocycles. The molecule has 1 aromatic heterocycles. The molecule has 1 rings (SSSR count). The summed E-state index contributed by atoms with van der Waals surface area (Å²) in [5.74, 6) is -0.613. The molecular formula is C7H9F2N3O. The van der Waals surface area contributed by atoms with Crippen LogP contribution < -0.4 is 11.5 Å². The molecule has 0 aliphatic carbocycles. The predicted molar refractivity (Wildman–Crippen MR) is 43.2 cm³/mol. The average Bonchev–Trinajstić information content (AvgIpc) is 2.04. The minimum Gasteiger partial charge on any atom is -0.505 e. The van der Waals surface area contributed by atoms with Gasteiger partial charge in [-0.1, -0.05) is 0 Å². The van der Waals surface area contributed by atoms with Gasteiger partial charge in [0.25, 0.3) is 6.43 Å². The lowest BCUT2D eigenvalue weighted by Crippen LogP contribution is -2.05. The van der Waals surface area contributed by atoms with Gasteiger partial charge in [-0.2, -0.15) is 0 Å². The molecular weight excluding hydrogens is 180 g/mol. The van der Waals surface area contributed by atoms with Crippen LogP contribution in [0.15, 0.2) is 6.20 Å². The summed E-state index contributed by atoms with van der Waals surface area (Å²) in [5, 5.41) is 9.24. The first kappa shape index (κ1) is 9.66. The van der Waals surface area contributed by atoms with Gasteiger partial charge in [0.2, 0.25) is 0 Å². The Balaban J connectivity index is 3.30. The third kappa shape index (κ3) is 1.67. The monoisotopic (exact) mass is 189 g/mol. The standard InChI is InChI=1S/C7H9F2N3O/c8-7(9)5-3(11)2-12-4(1-10)6(5)13/h2,7,13H,1,10-11H2. The van der Waals surface area contributed by atoms with E-state index in [1.165, 1.54) is 0 Å². The molecule has 0 aromatic carbocycles. The normalized spacial score (nSPS) is 10.8. The van der Waals surface area contributed by atoms with Crippen molar-refractivity contribution in [2.75, 3.05) is 5.73 Å². The van der Waals surface area contributed by atoms with Crippen molar-refractivity contribution in [1.29, 1.82) is 0 Å². The fourth-order valence-electron chi connectivity index (χ4n) is 0.949. The van der Waals surface area contributed by atoms with Gasteiger partial charge in [0.15, 0.2) is 0 Å². The molecule has 0 saturated heterocycles. The van der Waals surface area contributed by atoms with Crippen molar-refractivity contribution in [3.8, 4) is 5.75 Å². The Kier molecular flexibility index (Phi) is 2.62. The van der Waals surface area contributed by atoms with E-state index in [9.17, 15) is 13.9 Å². The van der Waals surface area contributed by atoms with E-state index in [-0.39, 0.29) is 17.9 Å². The van der Waals surface area contributed by atoms with Gasteiger partial charge >= 0.3 is 0 Å². The highest BCUT2D eigenvalue weighted by molar-refractivity contribution is 5.54. The first-order valence-corrected chi connectivity index (χ1v) is 3.52. The van der Waals surface area contributed by atoms with Crippen LogP contribution in [0.3, 0.4) is 0 Å². The van der Waals surface area contributed by atoms with Crippen molar-refractivity contribution >= 4 is 5.69 Å². The topological polar surface area (TPSA) is 85.2 Å². The molecule has 0 saturated carbocycles. The second-order valence-corrected chi connectivity index (χ2v) is 2.43. The minimum atomic E-state index is -2.83. The Hall–Kier alpha value is -1.43. The quantitative estimate of drug-likeness (QED) is 0.641. The Bertz CT molecular complexity index is 317. The van der Waals surface area contributed by atoms with Crippen LogP contribution in [0, 0.1) is 0 Å². The molecule has 0 unspecified atom stereocenters. The van der Waals surface area contributed by atoms with E-state index < -0.39 is 17.7 Å². The molecule has 72 valence electrons. The summed E-state index contributed by atoms with van der Waals surface area (Å²) >= 11 is 0. The second-order valence-electron chi connectivity index (χ2n) is 2.43. The zero-order valence-corrected chi connectivity index (χ0v) is 6.67. The van der Waals surface area contributed by atoms with E-state index in [1.807, 2.05) is 0 Å². The number of nitrogens with two attached hydrogens (primary N) is 2. The molecule has 1 aromatic rings. The number of aromatic nitrogens is 1. The van der Waals surface area contributed by atoms with Crippen molar-refractivity contribution in [2.45, 2.75) is 13.0 Å². The molecule has 1 heterocycles. The van der Waals surface area contributed by atoms with Gasteiger partial charge in [-0.05, 0) is 0 Å². The maximum absolute atomic E-state index is 12.3. The van der Waals surface area contributed by atoms with Crippen LogP contribution in [-0.4, -0.2) is 10.1 Å². The van der Waals surface area contributed by atoms with Crippen molar-refractivity contribution in [2.24, 2.45) is 5.73 Å². The lowest BCUT2D eigenvalue weighted by Gasteiger charge is -2.09. The number of hydrogen-bond acceptors (Lipinski definition) is 4. The minimum absolute atomic E-state index is 0.0181. The molecule has 0 bridgehead atoms. The van der Waals surface area contributed by atoms with Gasteiger partial charge < -0.3 is 16.6 Å². The predicted octanol–water partition coefficient (Wildman–Crippen LogP) is 0.766. The Labute approximate surface area is 73.2 Å². The smallest absolute Gasteiger partial charge is 0.269 e. The van der Waals surface area contributed by atoms with E-state index in [2.05, 4.69) is 4.98 Å². The Morgan fingerprint density at radius 2 is 2.15 bits per heavy atom. The number of halogens is 2. The highest BCUT2D eigenvalue weighted by Gasteiger charge is 2.19. The lowest BCUT2D eigenvalue weighted by atomic mass is 10.1. The molecule has 0 radical (unpaired) electrons. The third-order valence-electron chi connectivity index (χ3n) is 1.61. The number of hydrogen-bond donors (Lipinski definition) is 3. The summed E-state index contributed by atoms with van der Waals surface area (Å²) < 4.78 is 24.6. The average molecular weight is 189 g/mol. The van der Waals surface area contributed by atoms with Gasteiger partial charge in [0, 0.05) is 6.54 Å². The van der Waals surface area contributed by atoms with Gasteiger partial charge in [-0.3, -0.25) is 4.98 Å². The number of anilines is 1. The van der Waals surface area contributed by atoms with E-state index in [1.54, 1.807) is 0 Å².